The summed E-state index contributed by atoms with van der Waals surface area (Å²) >= 11 is 1.73. The number of ether oxygens (including phenoxy) is 2. The van der Waals surface area contributed by atoms with Gasteiger partial charge in [-0.25, -0.2) is 0 Å². The molecule has 0 aliphatic heterocycles. The third kappa shape index (κ3) is 3.74. The molecule has 108 valence electrons. The SMILES string of the molecule is CCCOc1ccccc1OCc1cc(CN)sc1C. The number of nitrogens with two attached hydrogens (primary N) is 1. The maximum absolute atomic E-state index is 5.90. The Labute approximate surface area is 124 Å². The summed E-state index contributed by atoms with van der Waals surface area (Å²) in [5.74, 6) is 1.60. The van der Waals surface area contributed by atoms with Crippen molar-refractivity contribution in [1.82, 2.24) is 0 Å². The Bertz CT molecular complexity index is 551. The summed E-state index contributed by atoms with van der Waals surface area (Å²) in [4.78, 5) is 2.45. The molecule has 0 amide bonds. The highest BCUT2D eigenvalue weighted by Gasteiger charge is 2.08. The fourth-order valence-electron chi connectivity index (χ4n) is 1.89. The summed E-state index contributed by atoms with van der Waals surface area (Å²) < 4.78 is 11.6. The highest BCUT2D eigenvalue weighted by atomic mass is 32.1. The summed E-state index contributed by atoms with van der Waals surface area (Å²) in [7, 11) is 0. The van der Waals surface area contributed by atoms with Crippen LogP contribution in [-0.2, 0) is 13.2 Å². The number of thiophene rings is 1. The van der Waals surface area contributed by atoms with Crippen LogP contribution >= 0.6 is 11.3 Å². The molecule has 0 saturated carbocycles. The van der Waals surface area contributed by atoms with Gasteiger partial charge in [0, 0.05) is 21.9 Å². The molecule has 0 aliphatic rings. The van der Waals surface area contributed by atoms with Crippen LogP contribution < -0.4 is 15.2 Å². The largest absolute Gasteiger partial charge is 0.490 e. The summed E-state index contributed by atoms with van der Waals surface area (Å²) in [6, 6.07) is 9.92. The van der Waals surface area contributed by atoms with Gasteiger partial charge in [0.15, 0.2) is 11.5 Å². The quantitative estimate of drug-likeness (QED) is 0.842. The lowest BCUT2D eigenvalue weighted by Crippen LogP contribution is -2.00. The molecule has 3 nitrogen and oxygen atoms in total. The molecule has 1 aromatic heterocycles. The molecule has 0 bridgehead atoms. The number of hydrogen-bond donors (Lipinski definition) is 1. The zero-order chi connectivity index (χ0) is 14.4. The Kier molecular flexibility index (Phi) is 5.44. The Morgan fingerprint density at radius 3 is 2.45 bits per heavy atom. The Balaban J connectivity index is 2.04. The first kappa shape index (κ1) is 14.9. The molecule has 0 aliphatic carbocycles. The van der Waals surface area contributed by atoms with Gasteiger partial charge in [0.25, 0.3) is 0 Å². The third-order valence-electron chi connectivity index (χ3n) is 2.97. The molecule has 0 atom stereocenters. The first-order valence-corrected chi connectivity index (χ1v) is 7.69. The first-order valence-electron chi connectivity index (χ1n) is 6.87. The minimum Gasteiger partial charge on any atom is -0.490 e. The summed E-state index contributed by atoms with van der Waals surface area (Å²) in [6.07, 6.45) is 0.984. The minimum atomic E-state index is 0.550. The lowest BCUT2D eigenvalue weighted by atomic mass is 10.2. The van der Waals surface area contributed by atoms with Crippen LogP contribution in [0, 0.1) is 6.92 Å². The lowest BCUT2D eigenvalue weighted by Gasteiger charge is -2.12. The fraction of sp³-hybridized carbons (Fsp3) is 0.375. The highest BCUT2D eigenvalue weighted by Crippen LogP contribution is 2.29. The maximum Gasteiger partial charge on any atom is 0.161 e. The second-order valence-corrected chi connectivity index (χ2v) is 5.92. The highest BCUT2D eigenvalue weighted by molar-refractivity contribution is 7.12. The second-order valence-electron chi connectivity index (χ2n) is 4.58. The van der Waals surface area contributed by atoms with Gasteiger partial charge in [0.05, 0.1) is 6.61 Å². The lowest BCUT2D eigenvalue weighted by molar-refractivity contribution is 0.262. The Morgan fingerprint density at radius 1 is 1.15 bits per heavy atom. The average molecular weight is 291 g/mol. The van der Waals surface area contributed by atoms with Crippen LogP contribution in [-0.4, -0.2) is 6.61 Å². The van der Waals surface area contributed by atoms with Gasteiger partial charge in [0.2, 0.25) is 0 Å². The average Bonchev–Trinajstić information content (AvgIpc) is 2.84. The van der Waals surface area contributed by atoms with Crippen molar-refractivity contribution in [3.63, 3.8) is 0 Å². The van der Waals surface area contributed by atoms with E-state index < -0.39 is 0 Å². The van der Waals surface area contributed by atoms with E-state index in [1.165, 1.54) is 15.3 Å². The molecule has 2 aromatic rings. The van der Waals surface area contributed by atoms with Crippen LogP contribution in [0.15, 0.2) is 30.3 Å². The predicted molar refractivity (Wildman–Crippen MR) is 83.5 cm³/mol. The molecule has 0 fully saturated rings. The number of rotatable bonds is 7. The zero-order valence-electron chi connectivity index (χ0n) is 12.0. The van der Waals surface area contributed by atoms with Crippen LogP contribution in [0.25, 0.3) is 0 Å². The Morgan fingerprint density at radius 2 is 1.85 bits per heavy atom. The predicted octanol–water partition coefficient (Wildman–Crippen LogP) is 3.88. The third-order valence-corrected chi connectivity index (χ3v) is 4.08. The number of aryl methyl sites for hydroxylation is 1. The van der Waals surface area contributed by atoms with Gasteiger partial charge in [-0.2, -0.15) is 0 Å². The molecule has 0 saturated heterocycles. The minimum absolute atomic E-state index is 0.550. The normalized spacial score (nSPS) is 10.6. The summed E-state index contributed by atoms with van der Waals surface area (Å²) in [5.41, 5.74) is 6.86. The molecular weight excluding hydrogens is 270 g/mol. The zero-order valence-corrected chi connectivity index (χ0v) is 12.8. The van der Waals surface area contributed by atoms with Crippen molar-refractivity contribution < 1.29 is 9.47 Å². The molecule has 2 N–H and O–H groups in total. The van der Waals surface area contributed by atoms with E-state index in [0.29, 0.717) is 19.8 Å². The van der Waals surface area contributed by atoms with Gasteiger partial charge in [-0.15, -0.1) is 11.3 Å². The van der Waals surface area contributed by atoms with Crippen LogP contribution in [0.5, 0.6) is 11.5 Å². The molecule has 1 heterocycles. The topological polar surface area (TPSA) is 44.5 Å². The van der Waals surface area contributed by atoms with E-state index in [1.807, 2.05) is 24.3 Å². The van der Waals surface area contributed by atoms with Crippen LogP contribution in [0.1, 0.15) is 28.7 Å². The Hall–Kier alpha value is -1.52. The van der Waals surface area contributed by atoms with Crippen molar-refractivity contribution in [2.75, 3.05) is 6.61 Å². The molecule has 0 unspecified atom stereocenters. The molecular formula is C16H21NO2S. The standard InChI is InChI=1S/C16H21NO2S/c1-3-8-18-15-6-4-5-7-16(15)19-11-13-9-14(10-17)20-12(13)2/h4-7,9H,3,8,10-11,17H2,1-2H3. The molecule has 1 aromatic carbocycles. The van der Waals surface area contributed by atoms with Crippen molar-refractivity contribution in [3.05, 3.63) is 45.6 Å². The smallest absolute Gasteiger partial charge is 0.161 e. The van der Waals surface area contributed by atoms with Gasteiger partial charge in [-0.1, -0.05) is 19.1 Å². The van der Waals surface area contributed by atoms with Crippen molar-refractivity contribution in [1.29, 1.82) is 0 Å². The number of benzene rings is 1. The summed E-state index contributed by atoms with van der Waals surface area (Å²) in [6.45, 7) is 6.03. The molecule has 2 rings (SSSR count). The molecule has 0 spiro atoms. The van der Waals surface area contributed by atoms with Gasteiger partial charge in [-0.3, -0.25) is 0 Å². The fourth-order valence-corrected chi connectivity index (χ4v) is 2.81. The van der Waals surface area contributed by atoms with Crippen molar-refractivity contribution in [2.24, 2.45) is 5.73 Å². The van der Waals surface area contributed by atoms with Crippen LogP contribution in [0.3, 0.4) is 0 Å². The van der Waals surface area contributed by atoms with Crippen molar-refractivity contribution in [3.8, 4) is 11.5 Å². The van der Waals surface area contributed by atoms with Crippen LogP contribution in [0.4, 0.5) is 0 Å². The van der Waals surface area contributed by atoms with Gasteiger partial charge in [0.1, 0.15) is 6.61 Å². The van der Waals surface area contributed by atoms with Gasteiger partial charge < -0.3 is 15.2 Å². The summed E-state index contributed by atoms with van der Waals surface area (Å²) in [5, 5.41) is 0. The van der Waals surface area contributed by atoms with E-state index in [-0.39, 0.29) is 0 Å². The van der Waals surface area contributed by atoms with E-state index in [4.69, 9.17) is 15.2 Å². The van der Waals surface area contributed by atoms with E-state index in [9.17, 15) is 0 Å². The first-order chi connectivity index (χ1) is 9.74. The van der Waals surface area contributed by atoms with Gasteiger partial charge in [-0.05, 0) is 31.5 Å². The van der Waals surface area contributed by atoms with Crippen LogP contribution in [0.2, 0.25) is 0 Å². The van der Waals surface area contributed by atoms with E-state index >= 15 is 0 Å². The number of para-hydroxylation sites is 2. The molecule has 4 heteroatoms. The molecule has 20 heavy (non-hydrogen) atoms. The van der Waals surface area contributed by atoms with E-state index in [1.54, 1.807) is 11.3 Å². The number of hydrogen-bond acceptors (Lipinski definition) is 4. The van der Waals surface area contributed by atoms with E-state index in [0.717, 1.165) is 17.9 Å². The maximum atomic E-state index is 5.90. The molecule has 0 radical (unpaired) electrons. The monoisotopic (exact) mass is 291 g/mol. The van der Waals surface area contributed by atoms with Crippen molar-refractivity contribution >= 4 is 11.3 Å². The van der Waals surface area contributed by atoms with E-state index in [2.05, 4.69) is 19.9 Å². The second kappa shape index (κ2) is 7.31. The van der Waals surface area contributed by atoms with Gasteiger partial charge >= 0.3 is 0 Å². The van der Waals surface area contributed by atoms with Crippen molar-refractivity contribution in [2.45, 2.75) is 33.4 Å².